The summed E-state index contributed by atoms with van der Waals surface area (Å²) in [6.45, 7) is 7.82. The van der Waals surface area contributed by atoms with Gasteiger partial charge in [0, 0.05) is 35.4 Å². The molecule has 0 aliphatic rings. The molecule has 3 aromatic rings. The molecule has 7 heteroatoms. The highest BCUT2D eigenvalue weighted by Crippen LogP contribution is 2.23. The molecule has 0 saturated heterocycles. The molecule has 29 heavy (non-hydrogen) atoms. The highest BCUT2D eigenvalue weighted by molar-refractivity contribution is 6.00. The molecule has 0 radical (unpaired) electrons. The molecule has 152 valence electrons. The molecule has 0 N–H and O–H groups in total. The Bertz CT molecular complexity index is 1040. The molecular weight excluding hydrogens is 370 g/mol. The third-order valence-electron chi connectivity index (χ3n) is 4.93. The zero-order valence-corrected chi connectivity index (χ0v) is 17.4. The zero-order chi connectivity index (χ0) is 21.1. The van der Waals surface area contributed by atoms with E-state index in [2.05, 4.69) is 5.10 Å². The number of benzene rings is 1. The lowest BCUT2D eigenvalue weighted by molar-refractivity contribution is 0.0473. The Kier molecular flexibility index (Phi) is 5.87. The molecule has 0 fully saturated rings. The van der Waals surface area contributed by atoms with Crippen molar-refractivity contribution in [2.24, 2.45) is 7.05 Å². The summed E-state index contributed by atoms with van der Waals surface area (Å²) >= 11 is 0. The van der Waals surface area contributed by atoms with Gasteiger partial charge in [0.1, 0.15) is 11.3 Å². The third-order valence-corrected chi connectivity index (χ3v) is 4.93. The molecule has 0 spiro atoms. The second-order valence-electron chi connectivity index (χ2n) is 6.81. The summed E-state index contributed by atoms with van der Waals surface area (Å²) in [5.41, 5.74) is 4.24. The smallest absolute Gasteiger partial charge is 0.342 e. The first-order valence-corrected chi connectivity index (χ1v) is 9.44. The van der Waals surface area contributed by atoms with Gasteiger partial charge in [-0.15, -0.1) is 0 Å². The fourth-order valence-corrected chi connectivity index (χ4v) is 3.29. The van der Waals surface area contributed by atoms with E-state index in [1.807, 2.05) is 55.7 Å². The Balaban J connectivity index is 1.76. The number of aromatic nitrogens is 3. The summed E-state index contributed by atoms with van der Waals surface area (Å²) in [6, 6.07) is 9.51. The Labute approximate surface area is 169 Å². The van der Waals surface area contributed by atoms with Gasteiger partial charge in [0.05, 0.1) is 12.8 Å². The SMILES string of the molecule is CCOc1ccc(-n2c(C)cc(C(=O)COC(=O)c3cnn(C)c3C)c2C)cc1. The van der Waals surface area contributed by atoms with Gasteiger partial charge in [0.15, 0.2) is 6.61 Å². The minimum Gasteiger partial charge on any atom is -0.494 e. The van der Waals surface area contributed by atoms with Crippen LogP contribution in [-0.2, 0) is 11.8 Å². The van der Waals surface area contributed by atoms with Crippen LogP contribution >= 0.6 is 0 Å². The minimum atomic E-state index is -0.552. The van der Waals surface area contributed by atoms with Gasteiger partial charge in [0.25, 0.3) is 0 Å². The van der Waals surface area contributed by atoms with Gasteiger partial charge in [-0.2, -0.15) is 5.10 Å². The van der Waals surface area contributed by atoms with Crippen molar-refractivity contribution in [1.29, 1.82) is 0 Å². The van der Waals surface area contributed by atoms with Crippen molar-refractivity contribution in [2.45, 2.75) is 27.7 Å². The highest BCUT2D eigenvalue weighted by atomic mass is 16.5. The number of hydrogen-bond acceptors (Lipinski definition) is 5. The summed E-state index contributed by atoms with van der Waals surface area (Å²) in [4.78, 5) is 24.9. The number of ether oxygens (including phenoxy) is 2. The van der Waals surface area contributed by atoms with Crippen molar-refractivity contribution >= 4 is 11.8 Å². The number of esters is 1. The minimum absolute atomic E-state index is 0.245. The van der Waals surface area contributed by atoms with Crippen LogP contribution in [-0.4, -0.2) is 39.3 Å². The van der Waals surface area contributed by atoms with Crippen LogP contribution in [0.4, 0.5) is 0 Å². The zero-order valence-electron chi connectivity index (χ0n) is 17.4. The molecule has 3 rings (SSSR count). The standard InChI is InChI=1S/C22H25N3O4/c1-6-28-18-9-7-17(8-10-18)25-14(2)11-19(16(25)4)21(26)13-29-22(27)20-12-23-24(5)15(20)3/h7-12H,6,13H2,1-5H3. The lowest BCUT2D eigenvalue weighted by Crippen LogP contribution is -2.15. The maximum absolute atomic E-state index is 12.7. The summed E-state index contributed by atoms with van der Waals surface area (Å²) in [6.07, 6.45) is 1.44. The second kappa shape index (κ2) is 8.34. The predicted octanol–water partition coefficient (Wildman–Crippen LogP) is 3.57. The van der Waals surface area contributed by atoms with Crippen molar-refractivity contribution in [3.8, 4) is 11.4 Å². The monoisotopic (exact) mass is 395 g/mol. The van der Waals surface area contributed by atoms with Gasteiger partial charge in [-0.25, -0.2) is 4.79 Å². The van der Waals surface area contributed by atoms with Crippen LogP contribution in [0.25, 0.3) is 5.69 Å². The molecule has 0 amide bonds. The van der Waals surface area contributed by atoms with Gasteiger partial charge in [-0.3, -0.25) is 9.48 Å². The average Bonchev–Trinajstić information content (AvgIpc) is 3.19. The van der Waals surface area contributed by atoms with E-state index in [1.54, 1.807) is 18.7 Å². The molecule has 0 unspecified atom stereocenters. The van der Waals surface area contributed by atoms with E-state index in [1.165, 1.54) is 6.20 Å². The quantitative estimate of drug-likeness (QED) is 0.452. The molecule has 2 heterocycles. The summed E-state index contributed by atoms with van der Waals surface area (Å²) < 4.78 is 14.3. The molecular formula is C22H25N3O4. The van der Waals surface area contributed by atoms with Crippen LogP contribution in [0.3, 0.4) is 0 Å². The fourth-order valence-electron chi connectivity index (χ4n) is 3.29. The van der Waals surface area contributed by atoms with Crippen molar-refractivity contribution in [3.05, 3.63) is 64.7 Å². The van der Waals surface area contributed by atoms with E-state index < -0.39 is 5.97 Å². The van der Waals surface area contributed by atoms with Crippen LogP contribution < -0.4 is 4.74 Å². The van der Waals surface area contributed by atoms with Crippen molar-refractivity contribution in [3.63, 3.8) is 0 Å². The Hall–Kier alpha value is -3.35. The molecule has 2 aromatic heterocycles. The van der Waals surface area contributed by atoms with Crippen LogP contribution in [0.15, 0.2) is 36.5 Å². The van der Waals surface area contributed by atoms with E-state index >= 15 is 0 Å². The Morgan fingerprint density at radius 1 is 1.03 bits per heavy atom. The van der Waals surface area contributed by atoms with Crippen LogP contribution in [0.5, 0.6) is 5.75 Å². The number of rotatable bonds is 7. The number of aryl methyl sites for hydroxylation is 2. The molecule has 0 saturated carbocycles. The highest BCUT2D eigenvalue weighted by Gasteiger charge is 2.20. The van der Waals surface area contributed by atoms with Gasteiger partial charge in [-0.05, 0) is 58.0 Å². The summed E-state index contributed by atoms with van der Waals surface area (Å²) in [7, 11) is 1.74. The van der Waals surface area contributed by atoms with Crippen molar-refractivity contribution in [2.75, 3.05) is 13.2 Å². The van der Waals surface area contributed by atoms with Gasteiger partial charge in [-0.1, -0.05) is 0 Å². The second-order valence-corrected chi connectivity index (χ2v) is 6.81. The lowest BCUT2D eigenvalue weighted by atomic mass is 10.1. The van der Waals surface area contributed by atoms with Gasteiger partial charge < -0.3 is 14.0 Å². The van der Waals surface area contributed by atoms with Crippen LogP contribution in [0.1, 0.15) is 44.7 Å². The largest absolute Gasteiger partial charge is 0.494 e. The number of hydrogen-bond donors (Lipinski definition) is 0. The molecule has 0 bridgehead atoms. The number of carbonyl (C=O) groups is 2. The molecule has 7 nitrogen and oxygen atoms in total. The number of ketones is 1. The first-order valence-electron chi connectivity index (χ1n) is 9.44. The molecule has 1 aromatic carbocycles. The van der Waals surface area contributed by atoms with E-state index in [-0.39, 0.29) is 12.4 Å². The summed E-state index contributed by atoms with van der Waals surface area (Å²) in [5, 5.41) is 4.02. The molecule has 0 aliphatic carbocycles. The van der Waals surface area contributed by atoms with E-state index in [4.69, 9.17) is 9.47 Å². The maximum atomic E-state index is 12.7. The summed E-state index contributed by atoms with van der Waals surface area (Å²) in [5.74, 6) is 0.00192. The van der Waals surface area contributed by atoms with Crippen molar-refractivity contribution < 1.29 is 19.1 Å². The Morgan fingerprint density at radius 2 is 1.72 bits per heavy atom. The Morgan fingerprint density at radius 3 is 2.31 bits per heavy atom. The third kappa shape index (κ3) is 4.08. The van der Waals surface area contributed by atoms with Crippen LogP contribution in [0, 0.1) is 20.8 Å². The predicted molar refractivity (Wildman–Crippen MR) is 109 cm³/mol. The number of carbonyl (C=O) groups excluding carboxylic acids is 2. The molecule has 0 aliphatic heterocycles. The van der Waals surface area contributed by atoms with Gasteiger partial charge >= 0.3 is 5.97 Å². The maximum Gasteiger partial charge on any atom is 0.342 e. The van der Waals surface area contributed by atoms with E-state index in [0.717, 1.165) is 22.8 Å². The number of Topliss-reactive ketones (excluding diaryl/α,β-unsaturated/α-hetero) is 1. The van der Waals surface area contributed by atoms with Gasteiger partial charge in [0.2, 0.25) is 5.78 Å². The normalized spacial score (nSPS) is 10.8. The first-order chi connectivity index (χ1) is 13.8. The van der Waals surface area contributed by atoms with Crippen molar-refractivity contribution in [1.82, 2.24) is 14.3 Å². The first kappa shape index (κ1) is 20.4. The van der Waals surface area contributed by atoms with E-state index in [9.17, 15) is 9.59 Å². The fraction of sp³-hybridized carbons (Fsp3) is 0.318. The average molecular weight is 395 g/mol. The van der Waals surface area contributed by atoms with Crippen LogP contribution in [0.2, 0.25) is 0 Å². The number of nitrogens with zero attached hydrogens (tertiary/aromatic N) is 3. The topological polar surface area (TPSA) is 75.3 Å². The lowest BCUT2D eigenvalue weighted by Gasteiger charge is -2.11. The molecule has 0 atom stereocenters. The van der Waals surface area contributed by atoms with E-state index in [0.29, 0.717) is 23.4 Å².